The molecule has 5 aromatic rings. The molecule has 10 heteroatoms. The van der Waals surface area contributed by atoms with Crippen LogP contribution in [0.5, 0.6) is 0 Å². The maximum atomic E-state index is 13.6. The summed E-state index contributed by atoms with van der Waals surface area (Å²) in [5, 5.41) is 9.15. The zero-order valence-corrected chi connectivity index (χ0v) is 25.4. The quantitative estimate of drug-likeness (QED) is 0.285. The molecule has 3 heterocycles. The summed E-state index contributed by atoms with van der Waals surface area (Å²) in [6.07, 6.45) is 6.93. The minimum atomic E-state index is -1.32. The molecule has 0 aliphatic rings. The highest BCUT2D eigenvalue weighted by molar-refractivity contribution is 7.84. The largest absolute Gasteiger partial charge is 0.378 e. The van der Waals surface area contributed by atoms with Crippen LogP contribution in [0.3, 0.4) is 0 Å². The van der Waals surface area contributed by atoms with Crippen LogP contribution >= 0.6 is 0 Å². The molecule has 5 rings (SSSR count). The topological polar surface area (TPSA) is 94.7 Å². The number of halogens is 1. The van der Waals surface area contributed by atoms with Gasteiger partial charge in [-0.05, 0) is 94.0 Å². The number of nitrogens with zero attached hydrogens (tertiary/aromatic N) is 5. The molecule has 0 aliphatic heterocycles. The molecular formula is C31H35FN6O2S. The third kappa shape index (κ3) is 6.43. The molecule has 8 nitrogen and oxygen atoms in total. The van der Waals surface area contributed by atoms with Gasteiger partial charge in [0.25, 0.3) is 5.56 Å². The van der Waals surface area contributed by atoms with Crippen molar-refractivity contribution in [2.75, 3.05) is 11.6 Å². The number of anilines is 1. The van der Waals surface area contributed by atoms with Crippen LogP contribution in [-0.2, 0) is 17.8 Å². The normalized spacial score (nSPS) is 12.5. The molecule has 0 bridgehead atoms. The Morgan fingerprint density at radius 1 is 0.951 bits per heavy atom. The number of nitrogens with one attached hydrogen (secondary N) is 1. The zero-order chi connectivity index (χ0) is 30.0. The first-order valence-electron chi connectivity index (χ1n) is 13.2. The Labute approximate surface area is 241 Å². The van der Waals surface area contributed by atoms with Crippen LogP contribution in [0.15, 0.2) is 64.7 Å². The maximum Gasteiger partial charge on any atom is 0.258 e. The number of aryl methyl sites for hydroxylation is 4. The van der Waals surface area contributed by atoms with Crippen LogP contribution < -0.4 is 10.9 Å². The van der Waals surface area contributed by atoms with Crippen molar-refractivity contribution >= 4 is 27.3 Å². The van der Waals surface area contributed by atoms with Gasteiger partial charge in [0.2, 0.25) is 0 Å². The Balaban J connectivity index is 0.000000231. The number of hydrogen-bond acceptors (Lipinski definition) is 6. The molecule has 0 aliphatic carbocycles. The minimum Gasteiger partial charge on any atom is -0.378 e. The van der Waals surface area contributed by atoms with Crippen molar-refractivity contribution in [2.24, 2.45) is 7.05 Å². The van der Waals surface area contributed by atoms with Gasteiger partial charge in [0, 0.05) is 36.1 Å². The fourth-order valence-electron chi connectivity index (χ4n) is 4.58. The molecule has 0 radical (unpaired) electrons. The van der Waals surface area contributed by atoms with E-state index in [1.165, 1.54) is 24.0 Å². The van der Waals surface area contributed by atoms with Crippen molar-refractivity contribution in [1.82, 2.24) is 24.3 Å². The zero-order valence-electron chi connectivity index (χ0n) is 24.6. The van der Waals surface area contributed by atoms with Gasteiger partial charge in [0.15, 0.2) is 0 Å². The van der Waals surface area contributed by atoms with Gasteiger partial charge < -0.3 is 9.88 Å². The van der Waals surface area contributed by atoms with E-state index in [2.05, 4.69) is 20.4 Å². The number of aromatic nitrogens is 5. The van der Waals surface area contributed by atoms with Crippen LogP contribution in [0, 0.1) is 40.4 Å². The second-order valence-corrected chi connectivity index (χ2v) is 11.6. The van der Waals surface area contributed by atoms with E-state index in [0.29, 0.717) is 16.0 Å². The first-order chi connectivity index (χ1) is 19.4. The van der Waals surface area contributed by atoms with Crippen molar-refractivity contribution in [3.63, 3.8) is 0 Å². The number of pyridine rings is 1. The van der Waals surface area contributed by atoms with E-state index in [1.54, 1.807) is 30.1 Å². The predicted molar refractivity (Wildman–Crippen MR) is 163 cm³/mol. The lowest BCUT2D eigenvalue weighted by Crippen LogP contribution is -2.20. The number of hydrogen-bond donors (Lipinski definition) is 1. The summed E-state index contributed by atoms with van der Waals surface area (Å²) in [4.78, 5) is 21.4. The van der Waals surface area contributed by atoms with E-state index >= 15 is 0 Å². The van der Waals surface area contributed by atoms with Crippen molar-refractivity contribution in [1.29, 1.82) is 0 Å². The molecule has 3 aromatic heterocycles. The highest BCUT2D eigenvalue weighted by Gasteiger charge is 2.16. The third-order valence-corrected chi connectivity index (χ3v) is 8.09. The molecule has 0 saturated carbocycles. The van der Waals surface area contributed by atoms with Crippen LogP contribution in [0.4, 0.5) is 10.1 Å². The van der Waals surface area contributed by atoms with Crippen LogP contribution in [0.2, 0.25) is 0 Å². The molecule has 2 aromatic carbocycles. The molecule has 2 atom stereocenters. The first kappa shape index (κ1) is 29.8. The van der Waals surface area contributed by atoms with E-state index < -0.39 is 16.6 Å². The summed E-state index contributed by atoms with van der Waals surface area (Å²) >= 11 is 0. The van der Waals surface area contributed by atoms with Crippen molar-refractivity contribution in [3.8, 4) is 5.69 Å². The van der Waals surface area contributed by atoms with Gasteiger partial charge in [-0.3, -0.25) is 9.00 Å². The highest BCUT2D eigenvalue weighted by atomic mass is 32.2. The molecular weight excluding hydrogens is 539 g/mol. The second kappa shape index (κ2) is 12.1. The Bertz CT molecular complexity index is 1810. The van der Waals surface area contributed by atoms with Gasteiger partial charge in [-0.1, -0.05) is 6.07 Å². The number of rotatable bonds is 5. The predicted octanol–water partition coefficient (Wildman–Crippen LogP) is 5.79. The Morgan fingerprint density at radius 2 is 1.63 bits per heavy atom. The van der Waals surface area contributed by atoms with Crippen LogP contribution in [0.1, 0.15) is 46.9 Å². The van der Waals surface area contributed by atoms with E-state index in [4.69, 9.17) is 0 Å². The smallest absolute Gasteiger partial charge is 0.258 e. The summed E-state index contributed by atoms with van der Waals surface area (Å²) in [6.45, 7) is 11.8. The van der Waals surface area contributed by atoms with Gasteiger partial charge >= 0.3 is 0 Å². The summed E-state index contributed by atoms with van der Waals surface area (Å²) in [5.74, 6) is 0.355. The fraction of sp³-hybridized carbons (Fsp3) is 0.290. The lowest BCUT2D eigenvalue weighted by Gasteiger charge is -2.21. The van der Waals surface area contributed by atoms with Gasteiger partial charge in [-0.25, -0.2) is 19.0 Å². The molecule has 41 heavy (non-hydrogen) atoms. The Kier molecular flexibility index (Phi) is 8.82. The van der Waals surface area contributed by atoms with Crippen LogP contribution in [0.25, 0.3) is 16.5 Å². The van der Waals surface area contributed by atoms with Crippen LogP contribution in [-0.4, -0.2) is 34.8 Å². The van der Waals surface area contributed by atoms with Crippen molar-refractivity contribution in [2.45, 2.75) is 52.5 Å². The van der Waals surface area contributed by atoms with Crippen molar-refractivity contribution in [3.05, 3.63) is 105 Å². The molecule has 1 unspecified atom stereocenters. The number of benzene rings is 2. The Hall–Kier alpha value is -4.18. The molecule has 0 saturated heterocycles. The summed E-state index contributed by atoms with van der Waals surface area (Å²) < 4.78 is 29.0. The lowest BCUT2D eigenvalue weighted by molar-refractivity contribution is 0.622. The number of fused-ring (bicyclic) bond motifs is 1. The van der Waals surface area contributed by atoms with E-state index in [-0.39, 0.29) is 11.6 Å². The van der Waals surface area contributed by atoms with Gasteiger partial charge in [-0.2, -0.15) is 5.10 Å². The molecule has 0 fully saturated rings. The third-order valence-electron chi connectivity index (χ3n) is 7.13. The van der Waals surface area contributed by atoms with E-state index in [1.807, 2.05) is 70.6 Å². The molecule has 0 amide bonds. The van der Waals surface area contributed by atoms with E-state index in [0.717, 1.165) is 39.4 Å². The van der Waals surface area contributed by atoms with Crippen molar-refractivity contribution < 1.29 is 8.60 Å². The standard InChI is InChI=1S/C21H23FN2O2S.C10H12N4/c1-12-8-16(17-10-13(2)24(4)21(25)18(17)9-12)14(3)23-19-7-6-15(22)11-20(19)27(5)26;1-7-4-13-14(8(7)2)10-5-11-9(3)12-6-10/h6-11,14,23H,1-5H3;4-6H,1-3H3/t14-,27?;/m1./s1. The fourth-order valence-corrected chi connectivity index (χ4v) is 5.29. The monoisotopic (exact) mass is 574 g/mol. The average Bonchev–Trinajstić information content (AvgIpc) is 3.27. The molecule has 0 spiro atoms. The Morgan fingerprint density at radius 3 is 2.24 bits per heavy atom. The molecule has 214 valence electrons. The minimum absolute atomic E-state index is 0.0284. The first-order valence-corrected chi connectivity index (χ1v) is 14.7. The maximum absolute atomic E-state index is 13.6. The van der Waals surface area contributed by atoms with Gasteiger partial charge in [0.1, 0.15) is 17.3 Å². The summed E-state index contributed by atoms with van der Waals surface area (Å²) in [7, 11) is 0.445. The van der Waals surface area contributed by atoms with Gasteiger partial charge in [-0.15, -0.1) is 0 Å². The summed E-state index contributed by atoms with van der Waals surface area (Å²) in [6, 6.07) is 10.0. The lowest BCUT2D eigenvalue weighted by atomic mass is 9.97. The SMILES string of the molecule is Cc1cc([C@@H](C)Nc2ccc(F)cc2S(C)=O)c2cc(C)n(C)c(=O)c2c1.Cc1ncc(-n2ncc(C)c2C)cn1. The average molecular weight is 575 g/mol. The summed E-state index contributed by atoms with van der Waals surface area (Å²) in [5.41, 5.74) is 6.64. The van der Waals surface area contributed by atoms with E-state index in [9.17, 15) is 13.4 Å². The highest BCUT2D eigenvalue weighted by Crippen LogP contribution is 2.30. The second-order valence-electron chi connectivity index (χ2n) is 10.2. The molecule has 1 N–H and O–H groups in total. The van der Waals surface area contributed by atoms with Gasteiger partial charge in [0.05, 0.1) is 40.0 Å².